The van der Waals surface area contributed by atoms with Crippen molar-refractivity contribution in [2.45, 2.75) is 13.0 Å². The molecule has 0 saturated heterocycles. The number of amides is 1. The molecule has 0 saturated carbocycles. The maximum Gasteiger partial charge on any atom is 0.315 e. The Morgan fingerprint density at radius 2 is 2.07 bits per heavy atom. The molecule has 0 spiro atoms. The van der Waals surface area contributed by atoms with Gasteiger partial charge in [-0.05, 0) is 11.6 Å². The van der Waals surface area contributed by atoms with E-state index in [9.17, 15) is 13.6 Å². The van der Waals surface area contributed by atoms with Crippen LogP contribution >= 0.6 is 11.6 Å². The van der Waals surface area contributed by atoms with Gasteiger partial charge in [0.25, 0.3) is 5.91 Å². The number of carbonyl (C=O) groups is 1. The van der Waals surface area contributed by atoms with E-state index in [1.54, 1.807) is 24.3 Å². The van der Waals surface area contributed by atoms with Gasteiger partial charge in [0.15, 0.2) is 0 Å². The molecule has 0 radical (unpaired) electrons. The molecule has 14 heavy (non-hydrogen) atoms. The molecule has 0 aromatic heterocycles. The van der Waals surface area contributed by atoms with Crippen LogP contribution in [0.3, 0.4) is 0 Å². The highest BCUT2D eigenvalue weighted by Gasteiger charge is 2.14. The molecule has 1 aromatic rings. The zero-order valence-corrected chi connectivity index (χ0v) is 7.89. The lowest BCUT2D eigenvalue weighted by atomic mass is 10.2. The third kappa shape index (κ3) is 2.96. The molecule has 0 bridgehead atoms. The molecule has 0 unspecified atom stereocenters. The van der Waals surface area contributed by atoms with Crippen LogP contribution in [0, 0.1) is 0 Å². The van der Waals surface area contributed by atoms with Crippen molar-refractivity contribution in [3.63, 3.8) is 0 Å². The van der Waals surface area contributed by atoms with Crippen LogP contribution in [0.15, 0.2) is 24.3 Å². The first-order valence-corrected chi connectivity index (χ1v) is 4.28. The normalized spacial score (nSPS) is 10.3. The van der Waals surface area contributed by atoms with Crippen molar-refractivity contribution in [1.82, 2.24) is 5.32 Å². The van der Waals surface area contributed by atoms with Crippen LogP contribution in [0.4, 0.5) is 8.78 Å². The summed E-state index contributed by atoms with van der Waals surface area (Å²) in [6, 6.07) is 6.73. The molecule has 0 atom stereocenters. The Kier molecular flexibility index (Phi) is 3.83. The highest BCUT2D eigenvalue weighted by Crippen LogP contribution is 2.14. The van der Waals surface area contributed by atoms with Gasteiger partial charge in [-0.25, -0.2) is 0 Å². The molecule has 5 heteroatoms. The van der Waals surface area contributed by atoms with Crippen LogP contribution in [0.1, 0.15) is 5.56 Å². The summed E-state index contributed by atoms with van der Waals surface area (Å²) >= 11 is 5.75. The minimum absolute atomic E-state index is 0.0167. The molecule has 1 rings (SSSR count). The second-order valence-electron chi connectivity index (χ2n) is 2.61. The fourth-order valence-corrected chi connectivity index (χ4v) is 1.10. The fourth-order valence-electron chi connectivity index (χ4n) is 0.901. The fraction of sp³-hybridized carbons (Fsp3) is 0.222. The van der Waals surface area contributed by atoms with E-state index in [2.05, 4.69) is 5.32 Å². The van der Waals surface area contributed by atoms with Gasteiger partial charge in [0, 0.05) is 11.6 Å². The van der Waals surface area contributed by atoms with Crippen molar-refractivity contribution in [2.75, 3.05) is 0 Å². The molecular weight excluding hydrogens is 212 g/mol. The summed E-state index contributed by atoms with van der Waals surface area (Å²) in [5.41, 5.74) is 0.614. The van der Waals surface area contributed by atoms with Gasteiger partial charge in [-0.15, -0.1) is 0 Å². The van der Waals surface area contributed by atoms with Gasteiger partial charge < -0.3 is 5.32 Å². The molecule has 0 aliphatic heterocycles. The zero-order chi connectivity index (χ0) is 10.6. The van der Waals surface area contributed by atoms with Gasteiger partial charge in [-0.2, -0.15) is 8.78 Å². The smallest absolute Gasteiger partial charge is 0.315 e. The van der Waals surface area contributed by atoms with Crippen LogP contribution in [0.5, 0.6) is 0 Å². The van der Waals surface area contributed by atoms with Gasteiger partial charge in [0.1, 0.15) is 0 Å². The first kappa shape index (κ1) is 10.9. The molecule has 1 N–H and O–H groups in total. The summed E-state index contributed by atoms with van der Waals surface area (Å²) in [4.78, 5) is 10.5. The molecule has 1 amide bonds. The number of rotatable bonds is 3. The standard InChI is InChI=1S/C9H8ClF2NO/c10-7-4-2-1-3-6(7)5-13-9(14)8(11)12/h1-4,8H,5H2,(H,13,14). The van der Waals surface area contributed by atoms with E-state index in [1.807, 2.05) is 0 Å². The molecular formula is C9H8ClF2NO. The Bertz CT molecular complexity index is 330. The third-order valence-electron chi connectivity index (χ3n) is 1.61. The van der Waals surface area contributed by atoms with Gasteiger partial charge >= 0.3 is 6.43 Å². The van der Waals surface area contributed by atoms with E-state index in [4.69, 9.17) is 11.6 Å². The number of benzene rings is 1. The predicted octanol–water partition coefficient (Wildman–Crippen LogP) is 2.22. The van der Waals surface area contributed by atoms with Crippen LogP contribution in [-0.4, -0.2) is 12.3 Å². The van der Waals surface area contributed by atoms with Crippen LogP contribution in [-0.2, 0) is 11.3 Å². The average molecular weight is 220 g/mol. The highest BCUT2D eigenvalue weighted by atomic mass is 35.5. The summed E-state index contributed by atoms with van der Waals surface area (Å²) in [7, 11) is 0. The number of nitrogens with one attached hydrogen (secondary N) is 1. The van der Waals surface area contributed by atoms with E-state index in [0.29, 0.717) is 10.6 Å². The highest BCUT2D eigenvalue weighted by molar-refractivity contribution is 6.31. The van der Waals surface area contributed by atoms with Crippen molar-refractivity contribution in [1.29, 1.82) is 0 Å². The minimum atomic E-state index is -2.99. The molecule has 0 aliphatic carbocycles. The average Bonchev–Trinajstić information content (AvgIpc) is 2.16. The van der Waals surface area contributed by atoms with E-state index in [1.165, 1.54) is 0 Å². The summed E-state index contributed by atoms with van der Waals surface area (Å²) in [6.45, 7) is 0.0167. The number of hydrogen-bond donors (Lipinski definition) is 1. The number of hydrogen-bond acceptors (Lipinski definition) is 1. The number of halogens is 3. The van der Waals surface area contributed by atoms with Crippen molar-refractivity contribution in [2.24, 2.45) is 0 Å². The topological polar surface area (TPSA) is 29.1 Å². The SMILES string of the molecule is O=C(NCc1ccccc1Cl)C(F)F. The molecule has 0 heterocycles. The predicted molar refractivity (Wildman–Crippen MR) is 49.3 cm³/mol. The summed E-state index contributed by atoms with van der Waals surface area (Å²) < 4.78 is 23.6. The van der Waals surface area contributed by atoms with Crippen molar-refractivity contribution in [3.8, 4) is 0 Å². The van der Waals surface area contributed by atoms with Crippen molar-refractivity contribution < 1.29 is 13.6 Å². The van der Waals surface area contributed by atoms with Gasteiger partial charge in [-0.1, -0.05) is 29.8 Å². The van der Waals surface area contributed by atoms with E-state index in [0.717, 1.165) is 0 Å². The van der Waals surface area contributed by atoms with Crippen molar-refractivity contribution >= 4 is 17.5 Å². The van der Waals surface area contributed by atoms with Crippen molar-refractivity contribution in [3.05, 3.63) is 34.9 Å². The Morgan fingerprint density at radius 1 is 1.43 bits per heavy atom. The summed E-state index contributed by atoms with van der Waals surface area (Å²) in [6.07, 6.45) is -2.99. The third-order valence-corrected chi connectivity index (χ3v) is 1.98. The second-order valence-corrected chi connectivity index (χ2v) is 3.02. The largest absolute Gasteiger partial charge is 0.347 e. The Labute approximate surface area is 84.9 Å². The Morgan fingerprint density at radius 3 is 2.64 bits per heavy atom. The van der Waals surface area contributed by atoms with Gasteiger partial charge in [0.2, 0.25) is 0 Å². The van der Waals surface area contributed by atoms with E-state index in [-0.39, 0.29) is 6.54 Å². The molecule has 76 valence electrons. The molecule has 2 nitrogen and oxygen atoms in total. The number of alkyl halides is 2. The first-order valence-electron chi connectivity index (χ1n) is 3.90. The summed E-state index contributed by atoms with van der Waals surface area (Å²) in [5.74, 6) is -1.29. The van der Waals surface area contributed by atoms with E-state index < -0.39 is 12.3 Å². The second kappa shape index (κ2) is 4.91. The van der Waals surface area contributed by atoms with Gasteiger partial charge in [0.05, 0.1) is 0 Å². The first-order chi connectivity index (χ1) is 6.61. The van der Waals surface area contributed by atoms with E-state index >= 15 is 0 Å². The lowest BCUT2D eigenvalue weighted by molar-refractivity contribution is -0.131. The molecule has 0 aliphatic rings. The van der Waals surface area contributed by atoms with Crippen LogP contribution in [0.2, 0.25) is 5.02 Å². The molecule has 1 aromatic carbocycles. The Balaban J connectivity index is 2.54. The van der Waals surface area contributed by atoms with Crippen LogP contribution < -0.4 is 5.32 Å². The minimum Gasteiger partial charge on any atom is -0.347 e. The van der Waals surface area contributed by atoms with Crippen LogP contribution in [0.25, 0.3) is 0 Å². The molecule has 0 fully saturated rings. The maximum atomic E-state index is 11.8. The number of carbonyl (C=O) groups excluding carboxylic acids is 1. The van der Waals surface area contributed by atoms with Gasteiger partial charge in [-0.3, -0.25) is 4.79 Å². The quantitative estimate of drug-likeness (QED) is 0.830. The zero-order valence-electron chi connectivity index (χ0n) is 7.14. The lowest BCUT2D eigenvalue weighted by Gasteiger charge is -2.05. The summed E-state index contributed by atoms with van der Waals surface area (Å²) in [5, 5.41) is 2.51. The maximum absolute atomic E-state index is 11.8. The monoisotopic (exact) mass is 219 g/mol. The Hall–Kier alpha value is -1.16. The lowest BCUT2D eigenvalue weighted by Crippen LogP contribution is -2.28.